The summed E-state index contributed by atoms with van der Waals surface area (Å²) in [6.07, 6.45) is 8.01. The SMILES string of the molecule is O=C(CCN1C(=O)NC2(CCCC2)C1=O)Nc1ccccc1N1CCN(CCc2ccncc2)CC1. The second-order valence-corrected chi connectivity index (χ2v) is 9.93. The van der Waals surface area contributed by atoms with Crippen molar-refractivity contribution in [1.82, 2.24) is 20.1 Å². The molecule has 0 bridgehead atoms. The highest BCUT2D eigenvalue weighted by Crippen LogP contribution is 2.35. The number of amides is 4. The first-order valence-corrected chi connectivity index (χ1v) is 12.9. The van der Waals surface area contributed by atoms with Crippen LogP contribution in [0.1, 0.15) is 37.7 Å². The summed E-state index contributed by atoms with van der Waals surface area (Å²) in [7, 11) is 0. The predicted molar refractivity (Wildman–Crippen MR) is 138 cm³/mol. The molecule has 2 aromatic rings. The number of urea groups is 1. The zero-order chi connectivity index (χ0) is 25.0. The number of nitrogens with zero attached hydrogens (tertiary/aromatic N) is 4. The van der Waals surface area contributed by atoms with E-state index in [1.807, 2.05) is 36.7 Å². The molecule has 3 fully saturated rings. The van der Waals surface area contributed by atoms with Crippen molar-refractivity contribution in [3.63, 3.8) is 0 Å². The van der Waals surface area contributed by atoms with Gasteiger partial charge in [-0.3, -0.25) is 24.4 Å². The van der Waals surface area contributed by atoms with Crippen molar-refractivity contribution in [3.05, 3.63) is 54.4 Å². The van der Waals surface area contributed by atoms with Gasteiger partial charge in [-0.25, -0.2) is 4.79 Å². The van der Waals surface area contributed by atoms with Crippen molar-refractivity contribution in [2.45, 2.75) is 44.1 Å². The van der Waals surface area contributed by atoms with Crippen molar-refractivity contribution in [2.24, 2.45) is 0 Å². The number of aromatic nitrogens is 1. The number of carbonyl (C=O) groups is 3. The van der Waals surface area contributed by atoms with E-state index in [-0.39, 0.29) is 30.8 Å². The lowest BCUT2D eigenvalue weighted by Crippen LogP contribution is -2.47. The van der Waals surface area contributed by atoms with E-state index < -0.39 is 5.54 Å². The van der Waals surface area contributed by atoms with Crippen LogP contribution in [-0.4, -0.2) is 77.4 Å². The number of nitrogens with one attached hydrogen (secondary N) is 2. The van der Waals surface area contributed by atoms with Gasteiger partial charge in [0.1, 0.15) is 5.54 Å². The van der Waals surface area contributed by atoms with Crippen molar-refractivity contribution in [3.8, 4) is 0 Å². The summed E-state index contributed by atoms with van der Waals surface area (Å²) in [6.45, 7) is 4.79. The highest BCUT2D eigenvalue weighted by molar-refractivity contribution is 6.07. The monoisotopic (exact) mass is 490 g/mol. The smallest absolute Gasteiger partial charge is 0.325 e. The van der Waals surface area contributed by atoms with E-state index in [2.05, 4.69) is 37.6 Å². The van der Waals surface area contributed by atoms with Crippen molar-refractivity contribution < 1.29 is 14.4 Å². The number of piperazine rings is 1. The van der Waals surface area contributed by atoms with E-state index in [0.717, 1.165) is 63.4 Å². The van der Waals surface area contributed by atoms with E-state index in [1.54, 1.807) is 0 Å². The molecule has 0 unspecified atom stereocenters. The number of anilines is 2. The fourth-order valence-electron chi connectivity index (χ4n) is 5.53. The number of hydrogen-bond acceptors (Lipinski definition) is 6. The molecule has 3 heterocycles. The third-order valence-corrected chi connectivity index (χ3v) is 7.62. The van der Waals surface area contributed by atoms with Gasteiger partial charge in [0.15, 0.2) is 0 Å². The van der Waals surface area contributed by atoms with E-state index >= 15 is 0 Å². The van der Waals surface area contributed by atoms with Crippen LogP contribution in [0.4, 0.5) is 16.2 Å². The predicted octanol–water partition coefficient (Wildman–Crippen LogP) is 2.64. The van der Waals surface area contributed by atoms with Gasteiger partial charge in [0, 0.05) is 58.1 Å². The van der Waals surface area contributed by atoms with Crippen molar-refractivity contribution in [2.75, 3.05) is 49.5 Å². The second-order valence-electron chi connectivity index (χ2n) is 9.93. The van der Waals surface area contributed by atoms with E-state index in [9.17, 15) is 14.4 Å². The molecule has 5 rings (SSSR count). The Hall–Kier alpha value is -3.46. The van der Waals surface area contributed by atoms with Gasteiger partial charge in [0.05, 0.1) is 11.4 Å². The summed E-state index contributed by atoms with van der Waals surface area (Å²) in [6, 6.07) is 11.6. The quantitative estimate of drug-likeness (QED) is 0.552. The molecule has 2 N–H and O–H groups in total. The van der Waals surface area contributed by atoms with Crippen LogP contribution in [0, 0.1) is 0 Å². The van der Waals surface area contributed by atoms with Crippen LogP contribution in [0.2, 0.25) is 0 Å². The molecule has 36 heavy (non-hydrogen) atoms. The minimum atomic E-state index is -0.736. The van der Waals surface area contributed by atoms with E-state index in [4.69, 9.17) is 0 Å². The molecule has 2 saturated heterocycles. The lowest BCUT2D eigenvalue weighted by molar-refractivity contribution is -0.131. The standard InChI is InChI=1S/C27H34N6O3/c34-24(10-16-33-25(35)27(30-26(33)36)11-3-4-12-27)29-22-5-1-2-6-23(22)32-19-17-31(18-20-32)15-9-21-7-13-28-14-8-21/h1-2,5-8,13-14H,3-4,9-12,15-20H2,(H,29,34)(H,30,36). The van der Waals surface area contributed by atoms with Crippen LogP contribution in [-0.2, 0) is 16.0 Å². The van der Waals surface area contributed by atoms with Crippen molar-refractivity contribution in [1.29, 1.82) is 0 Å². The summed E-state index contributed by atoms with van der Waals surface area (Å²) in [4.78, 5) is 48.1. The first-order valence-electron chi connectivity index (χ1n) is 12.9. The van der Waals surface area contributed by atoms with Crippen LogP contribution in [0.5, 0.6) is 0 Å². The first-order chi connectivity index (χ1) is 17.5. The number of rotatable bonds is 8. The molecular weight excluding hydrogens is 456 g/mol. The maximum atomic E-state index is 12.8. The fraction of sp³-hybridized carbons (Fsp3) is 0.481. The third kappa shape index (κ3) is 5.21. The lowest BCUT2D eigenvalue weighted by Gasteiger charge is -2.37. The fourth-order valence-corrected chi connectivity index (χ4v) is 5.53. The average molecular weight is 491 g/mol. The molecule has 0 atom stereocenters. The molecule has 3 aliphatic rings. The highest BCUT2D eigenvalue weighted by Gasteiger charge is 2.52. The minimum Gasteiger partial charge on any atom is -0.367 e. The van der Waals surface area contributed by atoms with Crippen LogP contribution in [0.15, 0.2) is 48.8 Å². The van der Waals surface area contributed by atoms with Gasteiger partial charge in [-0.05, 0) is 49.1 Å². The van der Waals surface area contributed by atoms with Gasteiger partial charge < -0.3 is 15.5 Å². The van der Waals surface area contributed by atoms with E-state index in [0.29, 0.717) is 12.8 Å². The van der Waals surface area contributed by atoms with E-state index in [1.165, 1.54) is 10.5 Å². The first kappa shape index (κ1) is 24.2. The van der Waals surface area contributed by atoms with Gasteiger partial charge >= 0.3 is 6.03 Å². The summed E-state index contributed by atoms with van der Waals surface area (Å²) in [5.74, 6) is -0.383. The zero-order valence-corrected chi connectivity index (χ0v) is 20.6. The average Bonchev–Trinajstić information content (AvgIpc) is 3.47. The molecule has 2 aliphatic heterocycles. The topological polar surface area (TPSA) is 97.9 Å². The summed E-state index contributed by atoms with van der Waals surface area (Å²) in [5, 5.41) is 5.88. The minimum absolute atomic E-state index is 0.0758. The molecule has 190 valence electrons. The molecule has 1 saturated carbocycles. The maximum absolute atomic E-state index is 12.8. The van der Waals surface area contributed by atoms with Crippen LogP contribution >= 0.6 is 0 Å². The summed E-state index contributed by atoms with van der Waals surface area (Å²) < 4.78 is 0. The second kappa shape index (κ2) is 10.7. The largest absolute Gasteiger partial charge is 0.367 e. The molecule has 9 nitrogen and oxygen atoms in total. The Morgan fingerprint density at radius 2 is 1.69 bits per heavy atom. The number of benzene rings is 1. The van der Waals surface area contributed by atoms with Gasteiger partial charge in [-0.2, -0.15) is 0 Å². The van der Waals surface area contributed by atoms with Crippen LogP contribution in [0.25, 0.3) is 0 Å². The number of pyridine rings is 1. The molecule has 1 spiro atoms. The Kier molecular flexibility index (Phi) is 7.18. The lowest BCUT2D eigenvalue weighted by atomic mass is 9.98. The van der Waals surface area contributed by atoms with Gasteiger partial charge in [0.25, 0.3) is 5.91 Å². The molecule has 1 aromatic carbocycles. The Balaban J connectivity index is 1.12. The molecular formula is C27H34N6O3. The molecule has 0 radical (unpaired) electrons. The number of hydrogen-bond donors (Lipinski definition) is 2. The Morgan fingerprint density at radius 3 is 2.44 bits per heavy atom. The number of carbonyl (C=O) groups excluding carboxylic acids is 3. The Morgan fingerprint density at radius 1 is 0.972 bits per heavy atom. The Bertz CT molecular complexity index is 1090. The molecule has 9 heteroatoms. The van der Waals surface area contributed by atoms with Gasteiger partial charge in [-0.15, -0.1) is 0 Å². The van der Waals surface area contributed by atoms with Gasteiger partial charge in [0.2, 0.25) is 5.91 Å². The highest BCUT2D eigenvalue weighted by atomic mass is 16.2. The summed E-state index contributed by atoms with van der Waals surface area (Å²) >= 11 is 0. The number of imide groups is 1. The van der Waals surface area contributed by atoms with Crippen LogP contribution in [0.3, 0.4) is 0 Å². The third-order valence-electron chi connectivity index (χ3n) is 7.62. The van der Waals surface area contributed by atoms with Crippen LogP contribution < -0.4 is 15.5 Å². The molecule has 1 aliphatic carbocycles. The van der Waals surface area contributed by atoms with Crippen molar-refractivity contribution >= 4 is 29.2 Å². The maximum Gasteiger partial charge on any atom is 0.325 e. The molecule has 4 amide bonds. The Labute approximate surface area is 211 Å². The van der Waals surface area contributed by atoms with Gasteiger partial charge in [-0.1, -0.05) is 25.0 Å². The number of para-hydroxylation sites is 2. The molecule has 1 aromatic heterocycles. The zero-order valence-electron chi connectivity index (χ0n) is 20.6. The summed E-state index contributed by atoms with van der Waals surface area (Å²) in [5.41, 5.74) is 2.32. The normalized spacial score (nSPS) is 19.7.